The van der Waals surface area contributed by atoms with Gasteiger partial charge in [0.1, 0.15) is 5.00 Å². The van der Waals surface area contributed by atoms with E-state index >= 15 is 0 Å². The number of carbonyl (C=O) groups is 3. The van der Waals surface area contributed by atoms with E-state index in [0.29, 0.717) is 28.2 Å². The molecule has 1 unspecified atom stereocenters. The first-order valence-electron chi connectivity index (χ1n) is 10.6. The summed E-state index contributed by atoms with van der Waals surface area (Å²) in [4.78, 5) is 39.1. The number of carbonyl (C=O) groups excluding carboxylic acids is 3. The summed E-state index contributed by atoms with van der Waals surface area (Å²) in [6.45, 7) is 1.75. The highest BCUT2D eigenvalue weighted by molar-refractivity contribution is 7.20. The molecule has 33 heavy (non-hydrogen) atoms. The molecule has 1 amide bonds. The highest BCUT2D eigenvalue weighted by Gasteiger charge is 2.31. The Labute approximate surface area is 195 Å². The molecule has 8 heteroatoms. The summed E-state index contributed by atoms with van der Waals surface area (Å²) < 4.78 is 10.5. The van der Waals surface area contributed by atoms with E-state index in [2.05, 4.69) is 11.4 Å². The summed E-state index contributed by atoms with van der Waals surface area (Å²) >= 11 is 1.33. The van der Waals surface area contributed by atoms with Crippen molar-refractivity contribution >= 4 is 39.9 Å². The largest absolute Gasteiger partial charge is 0.465 e. The average molecular weight is 465 g/mol. The summed E-state index contributed by atoms with van der Waals surface area (Å²) in [5.74, 6) is -1.63. The average Bonchev–Trinajstić information content (AvgIpc) is 3.20. The van der Waals surface area contributed by atoms with Gasteiger partial charge in [0, 0.05) is 10.6 Å². The number of ether oxygens (including phenoxy) is 2. The van der Waals surface area contributed by atoms with Crippen molar-refractivity contribution in [2.24, 2.45) is 0 Å². The molecule has 1 heterocycles. The fraction of sp³-hybridized carbons (Fsp3) is 0.240. The minimum absolute atomic E-state index is 0.272. The lowest BCUT2D eigenvalue weighted by atomic mass is 9.89. The molecule has 2 aromatic carbocycles. The number of rotatable bonds is 6. The fourth-order valence-corrected chi connectivity index (χ4v) is 5.18. The molecule has 3 N–H and O–H groups in total. The van der Waals surface area contributed by atoms with Gasteiger partial charge in [0.15, 0.2) is 6.10 Å². The molecule has 0 bridgehead atoms. The molecular weight excluding hydrogens is 440 g/mol. The predicted octanol–water partition coefficient (Wildman–Crippen LogP) is 4.46. The minimum Gasteiger partial charge on any atom is -0.465 e. The molecule has 0 spiro atoms. The zero-order valence-electron chi connectivity index (χ0n) is 18.3. The summed E-state index contributed by atoms with van der Waals surface area (Å²) in [7, 11) is 1.32. The summed E-state index contributed by atoms with van der Waals surface area (Å²) in [6, 6.07) is 14.3. The molecule has 0 radical (unpaired) electrons. The van der Waals surface area contributed by atoms with Crippen molar-refractivity contribution in [1.82, 2.24) is 0 Å². The Kier molecular flexibility index (Phi) is 6.46. The van der Waals surface area contributed by atoms with Gasteiger partial charge in [0.2, 0.25) is 0 Å². The quantitative estimate of drug-likeness (QED) is 0.412. The van der Waals surface area contributed by atoms with Crippen molar-refractivity contribution < 1.29 is 23.9 Å². The first kappa shape index (κ1) is 22.5. The van der Waals surface area contributed by atoms with Crippen molar-refractivity contribution in [3.63, 3.8) is 0 Å². The number of hydrogen-bond acceptors (Lipinski definition) is 7. The Balaban J connectivity index is 1.60. The number of anilines is 2. The third-order valence-corrected chi connectivity index (χ3v) is 6.78. The second-order valence-corrected chi connectivity index (χ2v) is 8.70. The van der Waals surface area contributed by atoms with Crippen LogP contribution in [0.15, 0.2) is 48.5 Å². The van der Waals surface area contributed by atoms with E-state index in [1.54, 1.807) is 31.2 Å². The van der Waals surface area contributed by atoms with Crippen molar-refractivity contribution in [3.8, 4) is 10.4 Å². The topological polar surface area (TPSA) is 108 Å². The van der Waals surface area contributed by atoms with Gasteiger partial charge in [-0.25, -0.2) is 9.59 Å². The molecular formula is C25H24N2O5S. The molecule has 0 aliphatic heterocycles. The Morgan fingerprint density at radius 1 is 1.06 bits per heavy atom. The van der Waals surface area contributed by atoms with E-state index in [9.17, 15) is 14.4 Å². The number of benzene rings is 2. The van der Waals surface area contributed by atoms with Crippen LogP contribution in [0.3, 0.4) is 0 Å². The molecule has 0 fully saturated rings. The molecule has 1 aliphatic carbocycles. The van der Waals surface area contributed by atoms with Gasteiger partial charge in [0.25, 0.3) is 5.91 Å². The summed E-state index contributed by atoms with van der Waals surface area (Å²) in [5, 5.41) is 3.21. The molecule has 170 valence electrons. The maximum absolute atomic E-state index is 13.0. The van der Waals surface area contributed by atoms with E-state index in [-0.39, 0.29) is 6.42 Å². The monoisotopic (exact) mass is 464 g/mol. The third-order valence-electron chi connectivity index (χ3n) is 5.60. The van der Waals surface area contributed by atoms with Gasteiger partial charge in [-0.2, -0.15) is 0 Å². The number of nitrogens with one attached hydrogen (secondary N) is 1. The van der Waals surface area contributed by atoms with Crippen LogP contribution in [0.4, 0.5) is 10.7 Å². The Morgan fingerprint density at radius 3 is 2.48 bits per heavy atom. The summed E-state index contributed by atoms with van der Waals surface area (Å²) in [5.41, 5.74) is 9.96. The zero-order chi connectivity index (χ0) is 23.5. The van der Waals surface area contributed by atoms with E-state index < -0.39 is 23.9 Å². The van der Waals surface area contributed by atoms with E-state index in [1.165, 1.54) is 24.0 Å². The number of amides is 1. The van der Waals surface area contributed by atoms with Gasteiger partial charge in [-0.1, -0.05) is 31.2 Å². The van der Waals surface area contributed by atoms with Crippen molar-refractivity contribution in [2.75, 3.05) is 18.2 Å². The van der Waals surface area contributed by atoms with Gasteiger partial charge in [-0.3, -0.25) is 4.79 Å². The van der Waals surface area contributed by atoms with Crippen LogP contribution in [-0.4, -0.2) is 31.1 Å². The molecule has 4 rings (SSSR count). The van der Waals surface area contributed by atoms with Gasteiger partial charge in [0.05, 0.1) is 18.2 Å². The van der Waals surface area contributed by atoms with Gasteiger partial charge in [-0.15, -0.1) is 11.3 Å². The van der Waals surface area contributed by atoms with Crippen LogP contribution in [0, 0.1) is 0 Å². The number of hydrogen-bond donors (Lipinski definition) is 2. The molecule has 1 aliphatic rings. The molecule has 1 atom stereocenters. The maximum atomic E-state index is 13.0. The number of fused-ring (bicyclic) bond motifs is 3. The predicted molar refractivity (Wildman–Crippen MR) is 127 cm³/mol. The minimum atomic E-state index is -1.02. The van der Waals surface area contributed by atoms with Crippen LogP contribution >= 0.6 is 11.3 Å². The third kappa shape index (κ3) is 4.47. The van der Waals surface area contributed by atoms with Gasteiger partial charge in [-0.05, 0) is 60.2 Å². The molecule has 1 aromatic heterocycles. The smallest absolute Gasteiger partial charge is 0.341 e. The lowest BCUT2D eigenvalue weighted by Gasteiger charge is -2.17. The van der Waals surface area contributed by atoms with Crippen LogP contribution in [0.25, 0.3) is 10.4 Å². The maximum Gasteiger partial charge on any atom is 0.341 e. The molecule has 3 aromatic rings. The zero-order valence-corrected chi connectivity index (χ0v) is 19.2. The number of thiophene rings is 1. The molecule has 0 saturated carbocycles. The van der Waals surface area contributed by atoms with Gasteiger partial charge >= 0.3 is 11.9 Å². The van der Waals surface area contributed by atoms with E-state index in [1.807, 2.05) is 18.2 Å². The van der Waals surface area contributed by atoms with Crippen molar-refractivity contribution in [2.45, 2.75) is 32.3 Å². The SMILES string of the molecule is CCC(OC(=O)c1ccc(N)cc1)C(=O)Nc1sc2c(c1C(=O)OC)CCc1ccccc1-2. The Morgan fingerprint density at radius 2 is 1.79 bits per heavy atom. The molecule has 7 nitrogen and oxygen atoms in total. The number of nitrogen functional groups attached to an aromatic ring is 1. The lowest BCUT2D eigenvalue weighted by Crippen LogP contribution is -2.32. The first-order chi connectivity index (χ1) is 15.9. The normalized spacial score (nSPS) is 12.8. The van der Waals surface area contributed by atoms with Crippen molar-refractivity contribution in [3.05, 3.63) is 70.8 Å². The second-order valence-electron chi connectivity index (χ2n) is 7.68. The van der Waals surface area contributed by atoms with Crippen LogP contribution in [0.1, 0.15) is 45.2 Å². The van der Waals surface area contributed by atoms with Crippen LogP contribution in [0.2, 0.25) is 0 Å². The fourth-order valence-electron chi connectivity index (χ4n) is 3.88. The first-order valence-corrected chi connectivity index (χ1v) is 11.4. The number of nitrogens with two attached hydrogens (primary N) is 1. The van der Waals surface area contributed by atoms with E-state index in [4.69, 9.17) is 15.2 Å². The van der Waals surface area contributed by atoms with Crippen LogP contribution in [-0.2, 0) is 27.1 Å². The Hall–Kier alpha value is -3.65. The number of methoxy groups -OCH3 is 1. The highest BCUT2D eigenvalue weighted by atomic mass is 32.1. The van der Waals surface area contributed by atoms with Crippen LogP contribution < -0.4 is 11.1 Å². The highest BCUT2D eigenvalue weighted by Crippen LogP contribution is 2.45. The number of aryl methyl sites for hydroxylation is 1. The standard InChI is InChI=1S/C25H24N2O5S/c1-3-19(32-24(29)15-8-11-16(26)12-9-15)22(28)27-23-20(25(30)31-2)18-13-10-14-6-4-5-7-17(14)21(18)33-23/h4-9,11-12,19H,3,10,13,26H2,1-2H3,(H,27,28). The van der Waals surface area contributed by atoms with E-state index in [0.717, 1.165) is 22.4 Å². The second kappa shape index (κ2) is 9.46. The van der Waals surface area contributed by atoms with Crippen molar-refractivity contribution in [1.29, 1.82) is 0 Å². The van der Waals surface area contributed by atoms with Gasteiger partial charge < -0.3 is 20.5 Å². The molecule has 0 saturated heterocycles. The Bertz CT molecular complexity index is 1220. The lowest BCUT2D eigenvalue weighted by molar-refractivity contribution is -0.124. The number of esters is 2. The summed E-state index contributed by atoms with van der Waals surface area (Å²) in [6.07, 6.45) is 0.723. The van der Waals surface area contributed by atoms with Crippen LogP contribution in [0.5, 0.6) is 0 Å².